The van der Waals surface area contributed by atoms with Gasteiger partial charge in [0, 0.05) is 30.8 Å². The van der Waals surface area contributed by atoms with E-state index in [-0.39, 0.29) is 18.3 Å². The molecule has 3 rings (SSSR count). The van der Waals surface area contributed by atoms with E-state index in [0.717, 1.165) is 18.3 Å². The zero-order chi connectivity index (χ0) is 18.7. The van der Waals surface area contributed by atoms with Gasteiger partial charge >= 0.3 is 6.18 Å². The number of likely N-dealkylation sites (tertiary alicyclic amines) is 1. The zero-order valence-corrected chi connectivity index (χ0v) is 13.5. The molecule has 1 aliphatic heterocycles. The number of benzene rings is 1. The van der Waals surface area contributed by atoms with Crippen molar-refractivity contribution in [1.82, 2.24) is 9.88 Å². The van der Waals surface area contributed by atoms with Crippen LogP contribution in [0.4, 0.5) is 13.2 Å². The lowest BCUT2D eigenvalue weighted by atomic mass is 10.1. The summed E-state index contributed by atoms with van der Waals surface area (Å²) in [5.41, 5.74) is 0.0765. The number of carbonyl (C=O) groups excluding carboxylic acids is 1. The Hall–Kier alpha value is -3.08. The fraction of sp³-hybridized carbons (Fsp3) is 0.278. The first-order valence-electron chi connectivity index (χ1n) is 7.86. The number of hydrogen-bond acceptors (Lipinski definition) is 4. The van der Waals surface area contributed by atoms with Gasteiger partial charge in [-0.25, -0.2) is 4.98 Å². The van der Waals surface area contributed by atoms with Gasteiger partial charge in [0.05, 0.1) is 23.7 Å². The smallest absolute Gasteiger partial charge is 0.416 e. The molecule has 1 aromatic carbocycles. The normalized spacial score (nSPS) is 17.0. The summed E-state index contributed by atoms with van der Waals surface area (Å²) in [4.78, 5) is 17.8. The third-order valence-corrected chi connectivity index (χ3v) is 4.04. The molecule has 0 spiro atoms. The van der Waals surface area contributed by atoms with Gasteiger partial charge in [0.15, 0.2) is 0 Å². The number of rotatable bonds is 3. The topological polar surface area (TPSA) is 66.2 Å². The predicted molar refractivity (Wildman–Crippen MR) is 85.3 cm³/mol. The van der Waals surface area contributed by atoms with Crippen LogP contribution in [0.1, 0.15) is 27.9 Å². The van der Waals surface area contributed by atoms with Gasteiger partial charge in [0.25, 0.3) is 5.91 Å². The molecule has 26 heavy (non-hydrogen) atoms. The van der Waals surface area contributed by atoms with Crippen molar-refractivity contribution in [2.45, 2.75) is 18.7 Å². The Balaban J connectivity index is 1.63. The number of nitriles is 1. The molecule has 0 aliphatic carbocycles. The molecule has 1 unspecified atom stereocenters. The van der Waals surface area contributed by atoms with E-state index >= 15 is 0 Å². The maximum absolute atomic E-state index is 12.7. The Labute approximate surface area is 147 Å². The number of hydrogen-bond donors (Lipinski definition) is 0. The predicted octanol–water partition coefficient (Wildman–Crippen LogP) is 3.27. The van der Waals surface area contributed by atoms with Crippen molar-refractivity contribution in [2.75, 3.05) is 13.1 Å². The molecular weight excluding hydrogens is 347 g/mol. The molecule has 0 bridgehead atoms. The average molecular weight is 361 g/mol. The first-order valence-corrected chi connectivity index (χ1v) is 7.86. The van der Waals surface area contributed by atoms with Crippen molar-refractivity contribution in [3.8, 4) is 11.9 Å². The van der Waals surface area contributed by atoms with Crippen molar-refractivity contribution in [3.05, 3.63) is 59.3 Å². The van der Waals surface area contributed by atoms with Crippen molar-refractivity contribution >= 4 is 5.91 Å². The molecule has 1 saturated heterocycles. The molecule has 8 heteroatoms. The first kappa shape index (κ1) is 17.7. The Morgan fingerprint density at radius 2 is 2.00 bits per heavy atom. The number of nitrogens with zero attached hydrogens (tertiary/aromatic N) is 3. The minimum absolute atomic E-state index is 0.113. The number of aromatic nitrogens is 1. The van der Waals surface area contributed by atoms with E-state index < -0.39 is 17.8 Å². The molecule has 134 valence electrons. The highest BCUT2D eigenvalue weighted by Crippen LogP contribution is 2.31. The highest BCUT2D eigenvalue weighted by atomic mass is 19.4. The Morgan fingerprint density at radius 1 is 1.27 bits per heavy atom. The molecule has 1 atom stereocenters. The molecule has 5 nitrogen and oxygen atoms in total. The summed E-state index contributed by atoms with van der Waals surface area (Å²) in [7, 11) is 0. The van der Waals surface area contributed by atoms with E-state index in [9.17, 15) is 18.0 Å². The second kappa shape index (κ2) is 7.04. The summed E-state index contributed by atoms with van der Waals surface area (Å²) < 4.78 is 43.7. The summed E-state index contributed by atoms with van der Waals surface area (Å²) in [5, 5.41) is 8.79. The van der Waals surface area contributed by atoms with Crippen LogP contribution in [-0.4, -0.2) is 35.0 Å². The van der Waals surface area contributed by atoms with Gasteiger partial charge in [0.1, 0.15) is 6.10 Å². The fourth-order valence-electron chi connectivity index (χ4n) is 2.70. The average Bonchev–Trinajstić information content (AvgIpc) is 3.09. The van der Waals surface area contributed by atoms with E-state index in [1.165, 1.54) is 0 Å². The third-order valence-electron chi connectivity index (χ3n) is 4.04. The quantitative estimate of drug-likeness (QED) is 0.842. The number of alkyl halides is 3. The largest absolute Gasteiger partial charge is 0.472 e. The van der Waals surface area contributed by atoms with E-state index in [4.69, 9.17) is 10.00 Å². The molecule has 2 heterocycles. The Morgan fingerprint density at radius 3 is 2.65 bits per heavy atom. The van der Waals surface area contributed by atoms with Crippen LogP contribution in [0.3, 0.4) is 0 Å². The van der Waals surface area contributed by atoms with Gasteiger partial charge in [-0.2, -0.15) is 18.4 Å². The fourth-order valence-corrected chi connectivity index (χ4v) is 2.70. The van der Waals surface area contributed by atoms with Crippen LogP contribution in [-0.2, 0) is 6.18 Å². The van der Waals surface area contributed by atoms with Crippen LogP contribution in [0.15, 0.2) is 42.6 Å². The van der Waals surface area contributed by atoms with Crippen LogP contribution >= 0.6 is 0 Å². The molecule has 0 radical (unpaired) electrons. The van der Waals surface area contributed by atoms with Crippen LogP contribution in [0.25, 0.3) is 0 Å². The molecule has 1 fully saturated rings. The van der Waals surface area contributed by atoms with Crippen LogP contribution in [0.2, 0.25) is 0 Å². The lowest BCUT2D eigenvalue weighted by Crippen LogP contribution is -2.31. The van der Waals surface area contributed by atoms with Crippen LogP contribution in [0.5, 0.6) is 5.88 Å². The maximum Gasteiger partial charge on any atom is 0.416 e. The number of ether oxygens (including phenoxy) is 1. The number of carbonyl (C=O) groups is 1. The second-order valence-corrected chi connectivity index (χ2v) is 5.85. The number of halogens is 3. The van der Waals surface area contributed by atoms with Gasteiger partial charge < -0.3 is 9.64 Å². The molecule has 0 saturated carbocycles. The number of amides is 1. The van der Waals surface area contributed by atoms with Gasteiger partial charge in [-0.3, -0.25) is 4.79 Å². The van der Waals surface area contributed by atoms with E-state index in [1.54, 1.807) is 29.2 Å². The second-order valence-electron chi connectivity index (χ2n) is 5.85. The lowest BCUT2D eigenvalue weighted by Gasteiger charge is -2.17. The summed E-state index contributed by atoms with van der Waals surface area (Å²) in [5.74, 6) is -0.324. The minimum atomic E-state index is -4.46. The highest BCUT2D eigenvalue weighted by molar-refractivity contribution is 5.94. The zero-order valence-electron chi connectivity index (χ0n) is 13.5. The molecule has 1 aliphatic rings. The molecule has 0 N–H and O–H groups in total. The highest BCUT2D eigenvalue weighted by Gasteiger charge is 2.32. The van der Waals surface area contributed by atoms with E-state index in [0.29, 0.717) is 24.1 Å². The summed E-state index contributed by atoms with van der Waals surface area (Å²) >= 11 is 0. The third kappa shape index (κ3) is 3.94. The summed E-state index contributed by atoms with van der Waals surface area (Å²) in [6, 6.07) is 9.97. The van der Waals surface area contributed by atoms with E-state index in [2.05, 4.69) is 4.98 Å². The SMILES string of the molecule is N#Cc1ccc(C(=O)N2CCC(Oc3cc(C(F)(F)F)ccn3)C2)cc1. The van der Waals surface area contributed by atoms with Crippen molar-refractivity contribution in [2.24, 2.45) is 0 Å². The van der Waals surface area contributed by atoms with Gasteiger partial charge in [-0.05, 0) is 30.3 Å². The molecule has 1 aromatic heterocycles. The van der Waals surface area contributed by atoms with Crippen LogP contribution in [0, 0.1) is 11.3 Å². The molecular formula is C18H14F3N3O2. The monoisotopic (exact) mass is 361 g/mol. The van der Waals surface area contributed by atoms with Gasteiger partial charge in [-0.1, -0.05) is 0 Å². The first-order chi connectivity index (χ1) is 12.4. The molecule has 2 aromatic rings. The summed E-state index contributed by atoms with van der Waals surface area (Å²) in [6.45, 7) is 0.694. The van der Waals surface area contributed by atoms with Crippen molar-refractivity contribution in [1.29, 1.82) is 5.26 Å². The van der Waals surface area contributed by atoms with E-state index in [1.807, 2.05) is 6.07 Å². The maximum atomic E-state index is 12.7. The van der Waals surface area contributed by atoms with Crippen molar-refractivity contribution in [3.63, 3.8) is 0 Å². The van der Waals surface area contributed by atoms with Gasteiger partial charge in [-0.15, -0.1) is 0 Å². The van der Waals surface area contributed by atoms with Gasteiger partial charge in [0.2, 0.25) is 5.88 Å². The lowest BCUT2D eigenvalue weighted by molar-refractivity contribution is -0.137. The number of pyridine rings is 1. The van der Waals surface area contributed by atoms with Crippen molar-refractivity contribution < 1.29 is 22.7 Å². The molecule has 1 amide bonds. The Kier molecular flexibility index (Phi) is 4.80. The Bertz CT molecular complexity index is 844. The standard InChI is InChI=1S/C18H14F3N3O2/c19-18(20,21)14-5-7-23-16(9-14)26-15-6-8-24(11-15)17(25)13-3-1-12(10-22)2-4-13/h1-5,7,9,15H,6,8,11H2. The summed E-state index contributed by atoms with van der Waals surface area (Å²) in [6.07, 6.45) is -3.34. The minimum Gasteiger partial charge on any atom is -0.472 e. The van der Waals surface area contributed by atoms with Crippen LogP contribution < -0.4 is 4.74 Å².